The summed E-state index contributed by atoms with van der Waals surface area (Å²) in [5.41, 5.74) is 0.750. The van der Waals surface area contributed by atoms with Gasteiger partial charge in [0, 0.05) is 15.5 Å². The van der Waals surface area contributed by atoms with E-state index in [1.54, 1.807) is 31.2 Å². The maximum Gasteiger partial charge on any atom is 0.319 e. The highest BCUT2D eigenvalue weighted by Crippen LogP contribution is 2.29. The van der Waals surface area contributed by atoms with Crippen LogP contribution in [-0.4, -0.2) is 36.1 Å². The molecule has 1 heterocycles. The van der Waals surface area contributed by atoms with Crippen molar-refractivity contribution in [3.63, 3.8) is 0 Å². The fourth-order valence-electron chi connectivity index (χ4n) is 2.36. The lowest BCUT2D eigenvalue weighted by Gasteiger charge is -2.18. The maximum absolute atomic E-state index is 12.3. The molecule has 1 aliphatic rings. The van der Waals surface area contributed by atoms with Crippen molar-refractivity contribution in [1.29, 1.82) is 0 Å². The fraction of sp³-hybridized carbons (Fsp3) is 0.211. The van der Waals surface area contributed by atoms with E-state index in [-0.39, 0.29) is 24.9 Å². The van der Waals surface area contributed by atoms with Gasteiger partial charge >= 0.3 is 5.97 Å². The summed E-state index contributed by atoms with van der Waals surface area (Å²) in [6, 6.07) is 11.8. The number of thioether (sulfide) groups is 1. The second-order valence-corrected chi connectivity index (χ2v) is 7.64. The normalized spacial score (nSPS) is 13.8. The van der Waals surface area contributed by atoms with Gasteiger partial charge in [-0.05, 0) is 49.4 Å². The van der Waals surface area contributed by atoms with Crippen LogP contribution in [0, 0.1) is 0 Å². The van der Waals surface area contributed by atoms with Crippen molar-refractivity contribution < 1.29 is 23.9 Å². The molecule has 0 unspecified atom stereocenters. The number of ether oxygens (including phenoxy) is 2. The zero-order valence-corrected chi connectivity index (χ0v) is 15.9. The molecular formula is C19H16ClNO5S. The van der Waals surface area contributed by atoms with Crippen LogP contribution in [0.4, 0.5) is 5.69 Å². The zero-order valence-electron chi connectivity index (χ0n) is 14.4. The molecule has 27 heavy (non-hydrogen) atoms. The Balaban J connectivity index is 1.55. The number of nitrogens with one attached hydrogen (secondary N) is 1. The predicted molar refractivity (Wildman–Crippen MR) is 103 cm³/mol. The van der Waals surface area contributed by atoms with E-state index in [2.05, 4.69) is 5.32 Å². The maximum atomic E-state index is 12.3. The first kappa shape index (κ1) is 19.3. The lowest BCUT2D eigenvalue weighted by Crippen LogP contribution is -2.26. The van der Waals surface area contributed by atoms with E-state index in [4.69, 9.17) is 21.1 Å². The molecule has 0 saturated heterocycles. The van der Waals surface area contributed by atoms with Crippen LogP contribution in [0.25, 0.3) is 0 Å². The number of anilines is 1. The molecule has 0 aromatic heterocycles. The number of hydrogen-bond acceptors (Lipinski definition) is 6. The Bertz CT molecular complexity index is 884. The van der Waals surface area contributed by atoms with Crippen molar-refractivity contribution >= 4 is 46.7 Å². The molecule has 0 radical (unpaired) electrons. The molecule has 6 nitrogen and oxygen atoms in total. The minimum absolute atomic E-state index is 0.0545. The summed E-state index contributed by atoms with van der Waals surface area (Å²) in [7, 11) is 0. The summed E-state index contributed by atoms with van der Waals surface area (Å²) in [6.07, 6.45) is 0. The van der Waals surface area contributed by atoms with Gasteiger partial charge in [-0.1, -0.05) is 11.6 Å². The second-order valence-electron chi connectivity index (χ2n) is 5.79. The fourth-order valence-corrected chi connectivity index (χ4v) is 3.35. The Morgan fingerprint density at radius 2 is 2.00 bits per heavy atom. The van der Waals surface area contributed by atoms with E-state index in [0.717, 1.165) is 4.90 Å². The average molecular weight is 406 g/mol. The summed E-state index contributed by atoms with van der Waals surface area (Å²) >= 11 is 7.15. The quantitative estimate of drug-likeness (QED) is 0.449. The lowest BCUT2D eigenvalue weighted by molar-refractivity contribution is -0.141. The van der Waals surface area contributed by atoms with E-state index in [9.17, 15) is 14.4 Å². The number of carbonyl (C=O) groups excluding carboxylic acids is 3. The van der Waals surface area contributed by atoms with Crippen LogP contribution in [0.15, 0.2) is 47.4 Å². The largest absolute Gasteiger partial charge is 0.482 e. The molecule has 1 atom stereocenters. The zero-order chi connectivity index (χ0) is 19.4. The number of benzene rings is 2. The molecular weight excluding hydrogens is 390 g/mol. The van der Waals surface area contributed by atoms with Gasteiger partial charge < -0.3 is 14.8 Å². The van der Waals surface area contributed by atoms with Crippen LogP contribution in [0.3, 0.4) is 0 Å². The number of halogens is 1. The molecule has 0 fully saturated rings. The highest BCUT2D eigenvalue weighted by atomic mass is 35.5. The van der Waals surface area contributed by atoms with Crippen LogP contribution in [0.2, 0.25) is 5.02 Å². The molecule has 140 valence electrons. The van der Waals surface area contributed by atoms with Gasteiger partial charge in [0.2, 0.25) is 0 Å². The van der Waals surface area contributed by atoms with Crippen LogP contribution in [-0.2, 0) is 14.3 Å². The summed E-state index contributed by atoms with van der Waals surface area (Å²) in [4.78, 5) is 36.7. The molecule has 1 N–H and O–H groups in total. The molecule has 2 aromatic carbocycles. The first-order valence-corrected chi connectivity index (χ1v) is 9.37. The number of ketones is 1. The van der Waals surface area contributed by atoms with E-state index < -0.39 is 11.2 Å². The summed E-state index contributed by atoms with van der Waals surface area (Å²) in [6.45, 7) is 1.27. The smallest absolute Gasteiger partial charge is 0.319 e. The van der Waals surface area contributed by atoms with Crippen molar-refractivity contribution in [1.82, 2.24) is 0 Å². The van der Waals surface area contributed by atoms with E-state index >= 15 is 0 Å². The first-order chi connectivity index (χ1) is 12.9. The number of amides is 1. The van der Waals surface area contributed by atoms with Crippen molar-refractivity contribution in [3.05, 3.63) is 53.1 Å². The SMILES string of the molecule is C[C@@H](Sc1ccc(Cl)cc1)C(=O)OCC(=O)c1ccc2c(c1)NC(=O)CO2. The molecule has 0 saturated carbocycles. The molecule has 2 aromatic rings. The predicted octanol–water partition coefficient (Wildman–Crippen LogP) is 3.58. The number of fused-ring (bicyclic) bond motifs is 1. The second kappa shape index (κ2) is 8.45. The summed E-state index contributed by atoms with van der Waals surface area (Å²) in [5.74, 6) is -0.643. The highest BCUT2D eigenvalue weighted by molar-refractivity contribution is 8.00. The Labute approximate surface area is 165 Å². The molecule has 0 spiro atoms. The monoisotopic (exact) mass is 405 g/mol. The van der Waals surface area contributed by atoms with Gasteiger partial charge in [0.15, 0.2) is 19.0 Å². The number of hydrogen-bond donors (Lipinski definition) is 1. The third-order valence-electron chi connectivity index (χ3n) is 3.74. The van der Waals surface area contributed by atoms with Gasteiger partial charge in [0.05, 0.1) is 5.69 Å². The molecule has 3 rings (SSSR count). The molecule has 8 heteroatoms. The number of carbonyl (C=O) groups is 3. The lowest BCUT2D eigenvalue weighted by atomic mass is 10.1. The van der Waals surface area contributed by atoms with Crippen molar-refractivity contribution in [2.45, 2.75) is 17.1 Å². The van der Waals surface area contributed by atoms with Crippen LogP contribution in [0.5, 0.6) is 5.75 Å². The van der Waals surface area contributed by atoms with Gasteiger partial charge in [-0.2, -0.15) is 0 Å². The summed E-state index contributed by atoms with van der Waals surface area (Å²) < 4.78 is 10.4. The average Bonchev–Trinajstić information content (AvgIpc) is 2.66. The van der Waals surface area contributed by atoms with Gasteiger partial charge in [-0.3, -0.25) is 14.4 Å². The Morgan fingerprint density at radius 1 is 1.26 bits per heavy atom. The number of esters is 1. The van der Waals surface area contributed by atoms with Gasteiger partial charge in [-0.25, -0.2) is 0 Å². The number of Topliss-reactive ketones (excluding diaryl/α,β-unsaturated/α-hetero) is 1. The Hall–Kier alpha value is -2.51. The van der Waals surface area contributed by atoms with Crippen LogP contribution >= 0.6 is 23.4 Å². The van der Waals surface area contributed by atoms with Crippen molar-refractivity contribution in [2.75, 3.05) is 18.5 Å². The van der Waals surface area contributed by atoms with E-state index in [0.29, 0.717) is 22.0 Å². The molecule has 0 bridgehead atoms. The van der Waals surface area contributed by atoms with Gasteiger partial charge in [0.25, 0.3) is 5.91 Å². The molecule has 0 aliphatic carbocycles. The van der Waals surface area contributed by atoms with Crippen molar-refractivity contribution in [2.24, 2.45) is 0 Å². The standard InChI is InChI=1S/C19H16ClNO5S/c1-11(27-14-5-3-13(20)4-6-14)19(24)26-9-16(22)12-2-7-17-15(8-12)21-18(23)10-25-17/h2-8,11H,9-10H2,1H3,(H,21,23)/t11-/m1/s1. The van der Waals surface area contributed by atoms with Crippen LogP contribution < -0.4 is 10.1 Å². The minimum Gasteiger partial charge on any atom is -0.482 e. The minimum atomic E-state index is -0.488. The third-order valence-corrected chi connectivity index (χ3v) is 5.08. The summed E-state index contributed by atoms with van der Waals surface area (Å²) in [5, 5.41) is 2.77. The Kier molecular flexibility index (Phi) is 6.03. The number of rotatable bonds is 6. The topological polar surface area (TPSA) is 81.7 Å². The Morgan fingerprint density at radius 3 is 2.74 bits per heavy atom. The van der Waals surface area contributed by atoms with E-state index in [1.165, 1.54) is 17.8 Å². The van der Waals surface area contributed by atoms with Crippen LogP contribution in [0.1, 0.15) is 17.3 Å². The first-order valence-electron chi connectivity index (χ1n) is 8.11. The molecule has 1 aliphatic heterocycles. The van der Waals surface area contributed by atoms with Crippen molar-refractivity contribution in [3.8, 4) is 5.75 Å². The third kappa shape index (κ3) is 5.02. The highest BCUT2D eigenvalue weighted by Gasteiger charge is 2.20. The molecule has 1 amide bonds. The van der Waals surface area contributed by atoms with E-state index in [1.807, 2.05) is 12.1 Å². The van der Waals surface area contributed by atoms with Gasteiger partial charge in [-0.15, -0.1) is 11.8 Å². The van der Waals surface area contributed by atoms with Gasteiger partial charge in [0.1, 0.15) is 11.0 Å².